The number of nitrogens with one attached hydrogen (secondary N) is 1. The van der Waals surface area contributed by atoms with Crippen molar-refractivity contribution in [3.05, 3.63) is 24.3 Å². The second kappa shape index (κ2) is 8.82. The molecule has 106 valence electrons. The van der Waals surface area contributed by atoms with E-state index in [2.05, 4.69) is 5.32 Å². The fourth-order valence-corrected chi connectivity index (χ4v) is 1.94. The Balaban J connectivity index is 2.35. The Hall–Kier alpha value is -1.20. The van der Waals surface area contributed by atoms with Gasteiger partial charge in [0.1, 0.15) is 5.75 Å². The molecule has 1 unspecified atom stereocenters. The van der Waals surface area contributed by atoms with Gasteiger partial charge in [0.25, 0.3) is 5.91 Å². The Kier molecular flexibility index (Phi) is 7.36. The zero-order valence-electron chi connectivity index (χ0n) is 11.5. The predicted octanol–water partition coefficient (Wildman–Crippen LogP) is 2.03. The minimum atomic E-state index is -0.488. The molecular weight excluding hydrogens is 260 g/mol. The average Bonchev–Trinajstić information content (AvgIpc) is 2.44. The van der Waals surface area contributed by atoms with Crippen LogP contribution < -0.4 is 15.8 Å². The molecule has 0 saturated carbocycles. The van der Waals surface area contributed by atoms with E-state index in [1.165, 1.54) is 4.90 Å². The van der Waals surface area contributed by atoms with Crippen molar-refractivity contribution in [2.75, 3.05) is 19.3 Å². The minimum absolute atomic E-state index is 0.0917. The zero-order valence-corrected chi connectivity index (χ0v) is 12.3. The van der Waals surface area contributed by atoms with Crippen molar-refractivity contribution >= 4 is 17.7 Å². The molecule has 5 heteroatoms. The second-order valence-corrected chi connectivity index (χ2v) is 5.10. The number of nitrogens with two attached hydrogens (primary N) is 1. The van der Waals surface area contributed by atoms with Gasteiger partial charge in [-0.05, 0) is 56.8 Å². The van der Waals surface area contributed by atoms with Gasteiger partial charge in [-0.2, -0.15) is 0 Å². The minimum Gasteiger partial charge on any atom is -0.481 e. The fourth-order valence-electron chi connectivity index (χ4n) is 1.54. The number of carbonyl (C=O) groups is 1. The SMILES string of the molecule is CSc1ccc(OC(C)C(=O)NCCCCN)cc1. The third-order valence-electron chi connectivity index (χ3n) is 2.67. The maximum atomic E-state index is 11.8. The molecule has 0 saturated heterocycles. The Bertz CT molecular complexity index is 382. The van der Waals surface area contributed by atoms with Crippen LogP contribution in [0.3, 0.4) is 0 Å². The van der Waals surface area contributed by atoms with Crippen molar-refractivity contribution < 1.29 is 9.53 Å². The van der Waals surface area contributed by atoms with Gasteiger partial charge in [0.15, 0.2) is 6.10 Å². The highest BCUT2D eigenvalue weighted by atomic mass is 32.2. The molecule has 1 amide bonds. The van der Waals surface area contributed by atoms with Gasteiger partial charge in [-0.3, -0.25) is 4.79 Å². The van der Waals surface area contributed by atoms with Crippen LogP contribution in [0.4, 0.5) is 0 Å². The monoisotopic (exact) mass is 282 g/mol. The number of carbonyl (C=O) groups excluding carboxylic acids is 1. The molecule has 0 aliphatic heterocycles. The van der Waals surface area contributed by atoms with E-state index in [1.54, 1.807) is 18.7 Å². The number of amides is 1. The lowest BCUT2D eigenvalue weighted by Crippen LogP contribution is -2.36. The highest BCUT2D eigenvalue weighted by Crippen LogP contribution is 2.19. The molecule has 0 aliphatic rings. The van der Waals surface area contributed by atoms with Crippen LogP contribution in [0.1, 0.15) is 19.8 Å². The number of benzene rings is 1. The second-order valence-electron chi connectivity index (χ2n) is 4.22. The van der Waals surface area contributed by atoms with E-state index in [0.717, 1.165) is 12.8 Å². The summed E-state index contributed by atoms with van der Waals surface area (Å²) >= 11 is 1.67. The maximum Gasteiger partial charge on any atom is 0.260 e. The van der Waals surface area contributed by atoms with E-state index >= 15 is 0 Å². The summed E-state index contributed by atoms with van der Waals surface area (Å²) < 4.78 is 5.59. The Morgan fingerprint density at radius 2 is 2.05 bits per heavy atom. The normalized spacial score (nSPS) is 11.9. The topological polar surface area (TPSA) is 64.3 Å². The third kappa shape index (κ3) is 5.98. The summed E-state index contributed by atoms with van der Waals surface area (Å²) in [6.45, 7) is 3.06. The van der Waals surface area contributed by atoms with Crippen LogP contribution in [-0.4, -0.2) is 31.4 Å². The van der Waals surface area contributed by atoms with Gasteiger partial charge >= 0.3 is 0 Å². The average molecular weight is 282 g/mol. The smallest absolute Gasteiger partial charge is 0.260 e. The van der Waals surface area contributed by atoms with Crippen LogP contribution in [0.5, 0.6) is 5.75 Å². The van der Waals surface area contributed by atoms with E-state index in [4.69, 9.17) is 10.5 Å². The van der Waals surface area contributed by atoms with E-state index < -0.39 is 6.10 Å². The molecule has 0 aliphatic carbocycles. The Morgan fingerprint density at radius 3 is 2.63 bits per heavy atom. The summed E-state index contributed by atoms with van der Waals surface area (Å²) in [4.78, 5) is 12.9. The number of unbranched alkanes of at least 4 members (excludes halogenated alkanes) is 1. The summed E-state index contributed by atoms with van der Waals surface area (Å²) in [5.74, 6) is 0.619. The standard InChI is InChI=1S/C14H22N2O2S/c1-11(14(17)16-10-4-3-9-15)18-12-5-7-13(19-2)8-6-12/h5-8,11H,3-4,9-10,15H2,1-2H3,(H,16,17). The number of rotatable bonds is 8. The molecule has 19 heavy (non-hydrogen) atoms. The summed E-state index contributed by atoms with van der Waals surface area (Å²) in [6.07, 6.45) is 3.36. The third-order valence-corrected chi connectivity index (χ3v) is 3.42. The number of ether oxygens (including phenoxy) is 1. The molecule has 1 aromatic carbocycles. The lowest BCUT2D eigenvalue weighted by molar-refractivity contribution is -0.127. The highest BCUT2D eigenvalue weighted by molar-refractivity contribution is 7.98. The summed E-state index contributed by atoms with van der Waals surface area (Å²) in [7, 11) is 0. The first-order chi connectivity index (χ1) is 9.17. The van der Waals surface area contributed by atoms with E-state index in [-0.39, 0.29) is 5.91 Å². The van der Waals surface area contributed by atoms with Crippen LogP contribution in [0.2, 0.25) is 0 Å². The van der Waals surface area contributed by atoms with Gasteiger partial charge in [0.2, 0.25) is 0 Å². The number of hydrogen-bond acceptors (Lipinski definition) is 4. The highest BCUT2D eigenvalue weighted by Gasteiger charge is 2.13. The van der Waals surface area contributed by atoms with Crippen LogP contribution in [-0.2, 0) is 4.79 Å². The quantitative estimate of drug-likeness (QED) is 0.565. The molecule has 0 aromatic heterocycles. The predicted molar refractivity (Wildman–Crippen MR) is 79.6 cm³/mol. The lowest BCUT2D eigenvalue weighted by atomic mass is 10.3. The first kappa shape index (κ1) is 15.9. The van der Waals surface area contributed by atoms with Crippen molar-refractivity contribution in [2.24, 2.45) is 5.73 Å². The maximum absolute atomic E-state index is 11.8. The summed E-state index contributed by atoms with van der Waals surface area (Å²) in [5.41, 5.74) is 5.39. The van der Waals surface area contributed by atoms with Crippen molar-refractivity contribution in [2.45, 2.75) is 30.8 Å². The van der Waals surface area contributed by atoms with Gasteiger partial charge in [0, 0.05) is 11.4 Å². The van der Waals surface area contributed by atoms with E-state index in [9.17, 15) is 4.79 Å². The van der Waals surface area contributed by atoms with Gasteiger partial charge in [-0.15, -0.1) is 11.8 Å². The summed E-state index contributed by atoms with van der Waals surface area (Å²) in [5, 5.41) is 2.84. The van der Waals surface area contributed by atoms with E-state index in [0.29, 0.717) is 18.8 Å². The fraction of sp³-hybridized carbons (Fsp3) is 0.500. The Labute approximate surface area is 119 Å². The molecular formula is C14H22N2O2S. The first-order valence-corrected chi connectivity index (χ1v) is 7.68. The molecule has 4 nitrogen and oxygen atoms in total. The number of thioether (sulfide) groups is 1. The van der Waals surface area contributed by atoms with Crippen molar-refractivity contribution in [1.29, 1.82) is 0 Å². The zero-order chi connectivity index (χ0) is 14.1. The molecule has 0 bridgehead atoms. The van der Waals surface area contributed by atoms with Crippen LogP contribution in [0.25, 0.3) is 0 Å². The molecule has 0 fully saturated rings. The van der Waals surface area contributed by atoms with Crippen molar-refractivity contribution in [3.63, 3.8) is 0 Å². The van der Waals surface area contributed by atoms with Crippen LogP contribution in [0, 0.1) is 0 Å². The lowest BCUT2D eigenvalue weighted by Gasteiger charge is -2.14. The summed E-state index contributed by atoms with van der Waals surface area (Å²) in [6, 6.07) is 7.71. The van der Waals surface area contributed by atoms with Gasteiger partial charge in [-0.25, -0.2) is 0 Å². The first-order valence-electron chi connectivity index (χ1n) is 6.46. The molecule has 0 heterocycles. The van der Waals surface area contributed by atoms with Crippen molar-refractivity contribution in [1.82, 2.24) is 5.32 Å². The largest absolute Gasteiger partial charge is 0.481 e. The van der Waals surface area contributed by atoms with Crippen LogP contribution >= 0.6 is 11.8 Å². The van der Waals surface area contributed by atoms with Crippen molar-refractivity contribution in [3.8, 4) is 5.75 Å². The molecule has 0 radical (unpaired) electrons. The molecule has 0 spiro atoms. The van der Waals surface area contributed by atoms with Gasteiger partial charge < -0.3 is 15.8 Å². The molecule has 1 atom stereocenters. The van der Waals surface area contributed by atoms with Gasteiger partial charge in [0.05, 0.1) is 0 Å². The van der Waals surface area contributed by atoms with Gasteiger partial charge in [-0.1, -0.05) is 0 Å². The molecule has 1 aromatic rings. The molecule has 1 rings (SSSR count). The number of hydrogen-bond donors (Lipinski definition) is 2. The molecule has 3 N–H and O–H groups in total. The van der Waals surface area contributed by atoms with Crippen LogP contribution in [0.15, 0.2) is 29.2 Å². The Morgan fingerprint density at radius 1 is 1.37 bits per heavy atom. The van der Waals surface area contributed by atoms with E-state index in [1.807, 2.05) is 30.5 Å².